The average Bonchev–Trinajstić information content (AvgIpc) is 3.49. The van der Waals surface area contributed by atoms with Crippen LogP contribution < -0.4 is 25.4 Å². The summed E-state index contributed by atoms with van der Waals surface area (Å²) in [5, 5.41) is 11.8. The summed E-state index contributed by atoms with van der Waals surface area (Å²) in [6.45, 7) is 0. The second-order valence-corrected chi connectivity index (χ2v) is 11.4. The maximum Gasteiger partial charge on any atom is 0.244 e. The molecule has 3 N–H and O–H groups in total. The predicted octanol–water partition coefficient (Wildman–Crippen LogP) is 8.11. The number of hydrogen-bond donors (Lipinski definition) is 3. The van der Waals surface area contributed by atoms with E-state index in [1.807, 2.05) is 109 Å². The van der Waals surface area contributed by atoms with E-state index in [2.05, 4.69) is 20.9 Å². The Hall–Kier alpha value is -4.38. The molecule has 1 aromatic heterocycles. The highest BCUT2D eigenvalue weighted by Gasteiger charge is 2.23. The van der Waals surface area contributed by atoms with Crippen LogP contribution in [0, 0.1) is 0 Å². The number of thioether (sulfide) groups is 1. The molecule has 1 amide bonds. The van der Waals surface area contributed by atoms with E-state index >= 15 is 0 Å². The summed E-state index contributed by atoms with van der Waals surface area (Å²) in [6.07, 6.45) is 0. The lowest BCUT2D eigenvalue weighted by Gasteiger charge is -2.17. The van der Waals surface area contributed by atoms with Crippen LogP contribution in [0.2, 0.25) is 0 Å². The number of rotatable bonds is 10. The molecule has 1 unspecified atom stereocenters. The third kappa shape index (κ3) is 7.47. The molecule has 0 aliphatic rings. The van der Waals surface area contributed by atoms with Crippen LogP contribution in [0.4, 0.5) is 16.5 Å². The summed E-state index contributed by atoms with van der Waals surface area (Å²) >= 11 is 8.32. The third-order valence-electron chi connectivity index (χ3n) is 6.13. The number of thiazole rings is 1. The van der Waals surface area contributed by atoms with Crippen LogP contribution in [0.1, 0.15) is 10.8 Å². The van der Waals surface area contributed by atoms with Crippen molar-refractivity contribution < 1.29 is 14.3 Å². The second-order valence-electron chi connectivity index (χ2n) is 8.98. The minimum atomic E-state index is -0.510. The summed E-state index contributed by atoms with van der Waals surface area (Å²) in [7, 11) is 3.19. The Balaban J connectivity index is 1.31. The number of ether oxygens (including phenoxy) is 2. The van der Waals surface area contributed by atoms with Crippen molar-refractivity contribution in [3.05, 3.63) is 114 Å². The molecule has 0 radical (unpaired) electrons. The minimum absolute atomic E-state index is 0.168. The molecule has 4 aromatic carbocycles. The lowest BCUT2D eigenvalue weighted by molar-refractivity contribution is -0.115. The first-order chi connectivity index (χ1) is 20.5. The molecule has 10 heteroatoms. The molecule has 5 aromatic rings. The zero-order valence-corrected chi connectivity index (χ0v) is 25.3. The number of para-hydroxylation sites is 1. The minimum Gasteiger partial charge on any atom is -0.493 e. The monoisotopic (exact) mass is 612 g/mol. The first-order valence-corrected chi connectivity index (χ1v) is 15.1. The molecular weight excluding hydrogens is 585 g/mol. The molecular formula is C32H28N4O3S3. The number of nitrogens with one attached hydrogen (secondary N) is 3. The van der Waals surface area contributed by atoms with Crippen molar-refractivity contribution >= 4 is 62.8 Å². The molecule has 1 heterocycles. The highest BCUT2D eigenvalue weighted by molar-refractivity contribution is 8.00. The molecule has 0 saturated carbocycles. The van der Waals surface area contributed by atoms with Gasteiger partial charge < -0.3 is 25.4 Å². The van der Waals surface area contributed by atoms with Crippen molar-refractivity contribution in [2.75, 3.05) is 30.2 Å². The maximum atomic E-state index is 13.7. The molecule has 0 aliphatic heterocycles. The number of hydrogen-bond acceptors (Lipinski definition) is 7. The Bertz CT molecular complexity index is 1660. The fourth-order valence-electron chi connectivity index (χ4n) is 4.13. The normalized spacial score (nSPS) is 11.3. The van der Waals surface area contributed by atoms with Gasteiger partial charge in [-0.05, 0) is 66.3 Å². The van der Waals surface area contributed by atoms with Gasteiger partial charge in [0.25, 0.3) is 0 Å². The van der Waals surface area contributed by atoms with Gasteiger partial charge in [0, 0.05) is 27.2 Å². The molecule has 5 rings (SSSR count). The Morgan fingerprint density at radius 1 is 0.810 bits per heavy atom. The fourth-order valence-corrected chi connectivity index (χ4v) is 6.17. The first kappa shape index (κ1) is 29.1. The van der Waals surface area contributed by atoms with Gasteiger partial charge >= 0.3 is 0 Å². The number of benzene rings is 4. The van der Waals surface area contributed by atoms with Gasteiger partial charge in [-0.3, -0.25) is 4.79 Å². The van der Waals surface area contributed by atoms with Crippen LogP contribution in [0.5, 0.6) is 11.5 Å². The van der Waals surface area contributed by atoms with E-state index in [0.29, 0.717) is 21.7 Å². The van der Waals surface area contributed by atoms with Crippen molar-refractivity contribution in [3.63, 3.8) is 0 Å². The fraction of sp³-hybridized carbons (Fsp3) is 0.0938. The second kappa shape index (κ2) is 14.0. The number of methoxy groups -OCH3 is 2. The van der Waals surface area contributed by atoms with Crippen molar-refractivity contribution in [1.29, 1.82) is 0 Å². The molecule has 0 bridgehead atoms. The van der Waals surface area contributed by atoms with E-state index in [-0.39, 0.29) is 5.91 Å². The van der Waals surface area contributed by atoms with Gasteiger partial charge in [0.15, 0.2) is 21.7 Å². The lowest BCUT2D eigenvalue weighted by Crippen LogP contribution is -2.19. The Kier molecular flexibility index (Phi) is 9.70. The number of carbonyl (C=O) groups is 1. The molecule has 7 nitrogen and oxygen atoms in total. The van der Waals surface area contributed by atoms with Gasteiger partial charge in [-0.15, -0.1) is 23.1 Å². The Labute approximate surface area is 258 Å². The number of carbonyl (C=O) groups excluding carboxylic acids is 1. The van der Waals surface area contributed by atoms with Crippen LogP contribution in [-0.2, 0) is 4.79 Å². The molecule has 0 aliphatic carbocycles. The lowest BCUT2D eigenvalue weighted by atomic mass is 10.1. The van der Waals surface area contributed by atoms with Crippen LogP contribution in [0.25, 0.3) is 11.3 Å². The van der Waals surface area contributed by atoms with E-state index in [4.69, 9.17) is 21.7 Å². The Morgan fingerprint density at radius 3 is 2.24 bits per heavy atom. The van der Waals surface area contributed by atoms with Gasteiger partial charge in [0.1, 0.15) is 5.25 Å². The SMILES string of the molecule is COc1ccc(-c2csc(NC(=O)C(Sc3cccc(NC(=S)Nc4ccccc4)c3)c3ccccc3)n2)cc1OC. The van der Waals surface area contributed by atoms with Crippen LogP contribution in [0.3, 0.4) is 0 Å². The zero-order valence-electron chi connectivity index (χ0n) is 22.9. The topological polar surface area (TPSA) is 84.5 Å². The van der Waals surface area contributed by atoms with Crippen LogP contribution >= 0.6 is 35.3 Å². The van der Waals surface area contributed by atoms with Crippen molar-refractivity contribution in [1.82, 2.24) is 4.98 Å². The summed E-state index contributed by atoms with van der Waals surface area (Å²) in [6, 6.07) is 32.9. The zero-order chi connectivity index (χ0) is 29.3. The number of aromatic nitrogens is 1. The summed E-state index contributed by atoms with van der Waals surface area (Å²) < 4.78 is 10.8. The summed E-state index contributed by atoms with van der Waals surface area (Å²) in [5.74, 6) is 1.09. The molecule has 212 valence electrons. The van der Waals surface area contributed by atoms with Gasteiger partial charge in [-0.1, -0.05) is 54.6 Å². The highest BCUT2D eigenvalue weighted by atomic mass is 32.2. The van der Waals surface area contributed by atoms with E-state index in [0.717, 1.165) is 33.1 Å². The highest BCUT2D eigenvalue weighted by Crippen LogP contribution is 2.38. The van der Waals surface area contributed by atoms with E-state index in [1.165, 1.54) is 23.1 Å². The van der Waals surface area contributed by atoms with Gasteiger partial charge in [-0.2, -0.15) is 0 Å². The molecule has 0 saturated heterocycles. The van der Waals surface area contributed by atoms with Gasteiger partial charge in [-0.25, -0.2) is 4.98 Å². The van der Waals surface area contributed by atoms with E-state index in [9.17, 15) is 4.79 Å². The smallest absolute Gasteiger partial charge is 0.244 e. The van der Waals surface area contributed by atoms with Crippen molar-refractivity contribution in [2.24, 2.45) is 0 Å². The molecule has 42 heavy (non-hydrogen) atoms. The number of anilines is 3. The molecule has 0 fully saturated rings. The van der Waals surface area contributed by atoms with Gasteiger partial charge in [0.05, 0.1) is 19.9 Å². The third-order valence-corrected chi connectivity index (χ3v) is 8.34. The quantitative estimate of drug-likeness (QED) is 0.108. The maximum absolute atomic E-state index is 13.7. The standard InChI is InChI=1S/C32H28N4O3S3/c1-38-27-17-16-22(18-28(27)39-2)26-20-41-32(35-26)36-30(37)29(21-10-5-3-6-11-21)42-25-15-9-14-24(19-25)34-31(40)33-23-12-7-4-8-13-23/h3-20,29H,1-2H3,(H2,33,34,40)(H,35,36,37). The average molecular weight is 613 g/mol. The number of amides is 1. The number of nitrogens with zero attached hydrogens (tertiary/aromatic N) is 1. The molecule has 0 spiro atoms. The van der Waals surface area contributed by atoms with Gasteiger partial charge in [0.2, 0.25) is 5.91 Å². The van der Waals surface area contributed by atoms with Crippen molar-refractivity contribution in [3.8, 4) is 22.8 Å². The summed E-state index contributed by atoms with van der Waals surface area (Å²) in [5.41, 5.74) is 4.20. The largest absolute Gasteiger partial charge is 0.493 e. The van der Waals surface area contributed by atoms with E-state index < -0.39 is 5.25 Å². The van der Waals surface area contributed by atoms with Crippen molar-refractivity contribution in [2.45, 2.75) is 10.1 Å². The number of thiocarbonyl (C=S) groups is 1. The Morgan fingerprint density at radius 2 is 1.50 bits per heavy atom. The first-order valence-electron chi connectivity index (χ1n) is 13.0. The van der Waals surface area contributed by atoms with Crippen LogP contribution in [-0.4, -0.2) is 30.2 Å². The predicted molar refractivity (Wildman–Crippen MR) is 177 cm³/mol. The van der Waals surface area contributed by atoms with Crippen LogP contribution in [0.15, 0.2) is 113 Å². The summed E-state index contributed by atoms with van der Waals surface area (Å²) in [4.78, 5) is 19.2. The molecule has 1 atom stereocenters. The van der Waals surface area contributed by atoms with E-state index in [1.54, 1.807) is 14.2 Å².